The van der Waals surface area contributed by atoms with Crippen molar-refractivity contribution in [2.75, 3.05) is 0 Å². The van der Waals surface area contributed by atoms with Crippen LogP contribution in [-0.2, 0) is 6.54 Å². The van der Waals surface area contributed by atoms with Gasteiger partial charge in [0, 0.05) is 6.54 Å². The maximum atomic E-state index is 5.42. The van der Waals surface area contributed by atoms with Gasteiger partial charge < -0.3 is 5.73 Å². The second kappa shape index (κ2) is 12.0. The molecule has 1 rings (SSSR count). The first-order chi connectivity index (χ1) is 7.60. The van der Waals surface area contributed by atoms with Crippen LogP contribution in [0.4, 0.5) is 0 Å². The maximum absolute atomic E-state index is 5.42. The van der Waals surface area contributed by atoms with E-state index in [1.165, 1.54) is 16.7 Å². The SMILES string of the molecule is CC.CC=C(C)C.Cc1cccc(CN)c1. The zero-order valence-electron chi connectivity index (χ0n) is 11.7. The molecule has 0 aromatic heterocycles. The number of hydrogen-bond donors (Lipinski definition) is 1. The van der Waals surface area contributed by atoms with E-state index in [4.69, 9.17) is 5.73 Å². The zero-order chi connectivity index (χ0) is 13.0. The molecule has 0 amide bonds. The summed E-state index contributed by atoms with van der Waals surface area (Å²) in [6.45, 7) is 12.9. The molecule has 0 radical (unpaired) electrons. The van der Waals surface area contributed by atoms with Crippen LogP contribution in [-0.4, -0.2) is 0 Å². The molecule has 0 atom stereocenters. The lowest BCUT2D eigenvalue weighted by molar-refractivity contribution is 1.07. The lowest BCUT2D eigenvalue weighted by atomic mass is 10.1. The predicted molar refractivity (Wildman–Crippen MR) is 75.5 cm³/mol. The predicted octanol–water partition coefficient (Wildman–Crippen LogP) is 4.45. The van der Waals surface area contributed by atoms with Crippen LogP contribution in [0, 0.1) is 6.92 Å². The van der Waals surface area contributed by atoms with Crippen molar-refractivity contribution >= 4 is 0 Å². The topological polar surface area (TPSA) is 26.0 Å². The summed E-state index contributed by atoms with van der Waals surface area (Å²) >= 11 is 0. The first kappa shape index (κ1) is 17.3. The van der Waals surface area contributed by atoms with Crippen LogP contribution >= 0.6 is 0 Å². The van der Waals surface area contributed by atoms with Gasteiger partial charge in [-0.25, -0.2) is 0 Å². The molecule has 0 heterocycles. The highest BCUT2D eigenvalue weighted by molar-refractivity contribution is 5.21. The fourth-order valence-corrected chi connectivity index (χ4v) is 0.839. The molecule has 0 aliphatic carbocycles. The Morgan fingerprint density at radius 3 is 2.00 bits per heavy atom. The van der Waals surface area contributed by atoms with Crippen molar-refractivity contribution in [1.29, 1.82) is 0 Å². The molecule has 1 nitrogen and oxygen atoms in total. The first-order valence-corrected chi connectivity index (χ1v) is 5.95. The van der Waals surface area contributed by atoms with Gasteiger partial charge in [-0.2, -0.15) is 0 Å². The Bertz CT molecular complexity index is 283. The lowest BCUT2D eigenvalue weighted by Crippen LogP contribution is -1.95. The van der Waals surface area contributed by atoms with Gasteiger partial charge in [-0.15, -0.1) is 0 Å². The third-order valence-corrected chi connectivity index (χ3v) is 1.90. The number of benzene rings is 1. The fraction of sp³-hybridized carbons (Fsp3) is 0.467. The molecule has 0 spiro atoms. The van der Waals surface area contributed by atoms with Crippen LogP contribution < -0.4 is 5.73 Å². The number of hydrogen-bond acceptors (Lipinski definition) is 1. The Kier molecular flexibility index (Phi) is 13.0. The van der Waals surface area contributed by atoms with E-state index in [1.54, 1.807) is 0 Å². The number of aryl methyl sites for hydroxylation is 1. The van der Waals surface area contributed by atoms with Crippen LogP contribution in [0.2, 0.25) is 0 Å². The lowest BCUT2D eigenvalue weighted by Gasteiger charge is -1.95. The van der Waals surface area contributed by atoms with E-state index in [0.29, 0.717) is 6.54 Å². The summed E-state index contributed by atoms with van der Waals surface area (Å²) in [7, 11) is 0. The highest BCUT2D eigenvalue weighted by Gasteiger charge is 1.86. The van der Waals surface area contributed by atoms with Gasteiger partial charge in [0.15, 0.2) is 0 Å². The molecule has 0 aliphatic rings. The van der Waals surface area contributed by atoms with E-state index in [9.17, 15) is 0 Å². The smallest absolute Gasteiger partial charge is 0.0178 e. The van der Waals surface area contributed by atoms with Gasteiger partial charge in [0.1, 0.15) is 0 Å². The van der Waals surface area contributed by atoms with Crippen molar-refractivity contribution in [1.82, 2.24) is 0 Å². The second-order valence-corrected chi connectivity index (χ2v) is 3.56. The number of allylic oxidation sites excluding steroid dienone is 2. The molecule has 1 heteroatoms. The van der Waals surface area contributed by atoms with Gasteiger partial charge in [-0.3, -0.25) is 0 Å². The summed E-state index contributed by atoms with van der Waals surface area (Å²) in [5.41, 5.74) is 9.28. The third-order valence-electron chi connectivity index (χ3n) is 1.90. The Morgan fingerprint density at radius 2 is 1.75 bits per heavy atom. The van der Waals surface area contributed by atoms with Crippen molar-refractivity contribution in [3.63, 3.8) is 0 Å². The average Bonchev–Trinajstić information content (AvgIpc) is 2.32. The molecule has 0 fully saturated rings. The van der Waals surface area contributed by atoms with Crippen LogP contribution in [0.25, 0.3) is 0 Å². The molecule has 0 saturated carbocycles. The van der Waals surface area contributed by atoms with Crippen LogP contribution in [0.15, 0.2) is 35.9 Å². The van der Waals surface area contributed by atoms with Crippen molar-refractivity contribution in [2.24, 2.45) is 5.73 Å². The minimum Gasteiger partial charge on any atom is -0.326 e. The second-order valence-electron chi connectivity index (χ2n) is 3.56. The standard InChI is InChI=1S/C8H11N.C5H10.C2H6/c1-7-3-2-4-8(5-7)6-9;1-4-5(2)3;1-2/h2-5H,6,9H2,1H3;4H,1-3H3;1-2H3. The number of rotatable bonds is 1. The van der Waals surface area contributed by atoms with Crippen molar-refractivity contribution in [3.05, 3.63) is 47.0 Å². The summed E-state index contributed by atoms with van der Waals surface area (Å²) < 4.78 is 0. The van der Waals surface area contributed by atoms with Gasteiger partial charge in [-0.05, 0) is 33.3 Å². The molecular weight excluding hydrogens is 194 g/mol. The van der Waals surface area contributed by atoms with E-state index in [2.05, 4.69) is 39.0 Å². The molecule has 1 aromatic rings. The highest BCUT2D eigenvalue weighted by atomic mass is 14.5. The molecule has 16 heavy (non-hydrogen) atoms. The summed E-state index contributed by atoms with van der Waals surface area (Å²) in [4.78, 5) is 0. The summed E-state index contributed by atoms with van der Waals surface area (Å²) in [6, 6.07) is 8.23. The van der Waals surface area contributed by atoms with Crippen molar-refractivity contribution in [2.45, 2.75) is 48.1 Å². The molecule has 2 N–H and O–H groups in total. The van der Waals surface area contributed by atoms with Gasteiger partial charge in [-0.1, -0.05) is 55.3 Å². The minimum atomic E-state index is 0.641. The fourth-order valence-electron chi connectivity index (χ4n) is 0.839. The minimum absolute atomic E-state index is 0.641. The van der Waals surface area contributed by atoms with E-state index < -0.39 is 0 Å². The molecule has 92 valence electrons. The molecule has 0 bridgehead atoms. The van der Waals surface area contributed by atoms with Gasteiger partial charge in [0.25, 0.3) is 0 Å². The zero-order valence-corrected chi connectivity index (χ0v) is 11.7. The monoisotopic (exact) mass is 221 g/mol. The molecule has 0 saturated heterocycles. The Labute approximate surface area is 101 Å². The maximum Gasteiger partial charge on any atom is 0.0178 e. The van der Waals surface area contributed by atoms with E-state index in [0.717, 1.165) is 0 Å². The summed E-state index contributed by atoms with van der Waals surface area (Å²) in [5, 5.41) is 0. The van der Waals surface area contributed by atoms with Gasteiger partial charge >= 0.3 is 0 Å². The normalized spacial score (nSPS) is 7.94. The van der Waals surface area contributed by atoms with E-state index in [1.807, 2.05) is 32.9 Å². The Morgan fingerprint density at radius 1 is 1.25 bits per heavy atom. The highest BCUT2D eigenvalue weighted by Crippen LogP contribution is 2.01. The third kappa shape index (κ3) is 11.0. The molecular formula is C15H27N. The largest absolute Gasteiger partial charge is 0.326 e. The summed E-state index contributed by atoms with van der Waals surface area (Å²) in [6.07, 6.45) is 2.08. The molecule has 0 unspecified atom stereocenters. The van der Waals surface area contributed by atoms with Gasteiger partial charge in [0.05, 0.1) is 0 Å². The molecule has 1 aromatic carbocycles. The van der Waals surface area contributed by atoms with Crippen LogP contribution in [0.5, 0.6) is 0 Å². The molecule has 0 aliphatic heterocycles. The quantitative estimate of drug-likeness (QED) is 0.696. The van der Waals surface area contributed by atoms with Gasteiger partial charge in [0.2, 0.25) is 0 Å². The Hall–Kier alpha value is -1.08. The van der Waals surface area contributed by atoms with E-state index >= 15 is 0 Å². The van der Waals surface area contributed by atoms with Crippen LogP contribution in [0.1, 0.15) is 45.7 Å². The van der Waals surface area contributed by atoms with Crippen molar-refractivity contribution in [3.8, 4) is 0 Å². The Balaban J connectivity index is 0. The summed E-state index contributed by atoms with van der Waals surface area (Å²) in [5.74, 6) is 0. The van der Waals surface area contributed by atoms with E-state index in [-0.39, 0.29) is 0 Å². The average molecular weight is 221 g/mol. The first-order valence-electron chi connectivity index (χ1n) is 5.95. The van der Waals surface area contributed by atoms with Crippen molar-refractivity contribution < 1.29 is 0 Å². The number of nitrogens with two attached hydrogens (primary N) is 1. The van der Waals surface area contributed by atoms with Crippen LogP contribution in [0.3, 0.4) is 0 Å².